The highest BCUT2D eigenvalue weighted by Crippen LogP contribution is 2.36. The Bertz CT molecular complexity index is 771. The van der Waals surface area contributed by atoms with Crippen LogP contribution in [0, 0.1) is 0 Å². The van der Waals surface area contributed by atoms with Crippen molar-refractivity contribution in [1.29, 1.82) is 0 Å². The van der Waals surface area contributed by atoms with Crippen LogP contribution in [0.4, 0.5) is 36.8 Å². The Balaban J connectivity index is 2.04. The monoisotopic (exact) mass is 383 g/mol. The van der Waals surface area contributed by atoms with Gasteiger partial charge in [-0.05, 0) is 42.5 Å². The van der Waals surface area contributed by atoms with Gasteiger partial charge in [-0.2, -0.15) is 26.3 Å². The minimum absolute atomic E-state index is 0.0742. The lowest BCUT2D eigenvalue weighted by Crippen LogP contribution is -2.17. The summed E-state index contributed by atoms with van der Waals surface area (Å²) in [6, 6.07) is 5.82. The number of ether oxygens (including phenoxy) is 1. The number of halogens is 7. The highest BCUT2D eigenvalue weighted by Gasteiger charge is 2.33. The fourth-order valence-electron chi connectivity index (χ4n) is 1.79. The predicted molar refractivity (Wildman–Crippen MR) is 77.5 cm³/mol. The number of anilines is 1. The van der Waals surface area contributed by atoms with Gasteiger partial charge >= 0.3 is 18.4 Å². The summed E-state index contributed by atoms with van der Waals surface area (Å²) in [5.74, 6) is -0.177. The molecule has 0 saturated heterocycles. The first kappa shape index (κ1) is 18.9. The largest absolute Gasteiger partial charge is 0.417 e. The van der Waals surface area contributed by atoms with Gasteiger partial charge in [-0.25, -0.2) is 4.79 Å². The molecule has 0 heterocycles. The molecule has 0 saturated carbocycles. The molecule has 0 fully saturated rings. The van der Waals surface area contributed by atoms with E-state index in [1.54, 1.807) is 0 Å². The molecule has 0 aliphatic heterocycles. The smallest absolute Gasteiger partial charge is 0.410 e. The number of rotatable bonds is 2. The minimum Gasteiger partial charge on any atom is -0.410 e. The molecule has 134 valence electrons. The maximum atomic E-state index is 12.6. The molecule has 0 atom stereocenters. The lowest BCUT2D eigenvalue weighted by Gasteiger charge is -2.11. The summed E-state index contributed by atoms with van der Waals surface area (Å²) in [7, 11) is 0. The minimum atomic E-state index is -4.64. The highest BCUT2D eigenvalue weighted by atomic mass is 35.5. The molecule has 0 radical (unpaired) electrons. The molecule has 2 rings (SSSR count). The number of hydrogen-bond donors (Lipinski definition) is 1. The van der Waals surface area contributed by atoms with Crippen LogP contribution in [0.1, 0.15) is 11.1 Å². The highest BCUT2D eigenvalue weighted by molar-refractivity contribution is 6.31. The van der Waals surface area contributed by atoms with E-state index >= 15 is 0 Å². The molecule has 0 bridgehead atoms. The van der Waals surface area contributed by atoms with Gasteiger partial charge in [-0.3, -0.25) is 5.32 Å². The molecule has 1 amide bonds. The van der Waals surface area contributed by atoms with Crippen molar-refractivity contribution >= 4 is 23.4 Å². The van der Waals surface area contributed by atoms with Crippen molar-refractivity contribution in [2.75, 3.05) is 5.32 Å². The Labute approximate surface area is 142 Å². The summed E-state index contributed by atoms with van der Waals surface area (Å²) in [6.45, 7) is 0. The maximum Gasteiger partial charge on any atom is 0.417 e. The van der Waals surface area contributed by atoms with E-state index < -0.39 is 34.6 Å². The van der Waals surface area contributed by atoms with Crippen molar-refractivity contribution in [3.05, 3.63) is 58.6 Å². The zero-order valence-corrected chi connectivity index (χ0v) is 12.8. The zero-order valence-electron chi connectivity index (χ0n) is 12.0. The van der Waals surface area contributed by atoms with E-state index in [-0.39, 0.29) is 11.4 Å². The van der Waals surface area contributed by atoms with Gasteiger partial charge in [0.1, 0.15) is 5.75 Å². The molecule has 1 N–H and O–H groups in total. The van der Waals surface area contributed by atoms with E-state index in [4.69, 9.17) is 16.3 Å². The van der Waals surface area contributed by atoms with Gasteiger partial charge in [0.15, 0.2) is 0 Å². The second-order valence-corrected chi connectivity index (χ2v) is 5.14. The third kappa shape index (κ3) is 5.02. The standard InChI is InChI=1S/C15H8ClF6NO2/c16-12-7-9(3-6-11(12)15(20,21)22)23-13(24)25-10-4-1-8(2-5-10)14(17,18)19/h1-7H,(H,23,24). The van der Waals surface area contributed by atoms with E-state index in [9.17, 15) is 31.1 Å². The van der Waals surface area contributed by atoms with Gasteiger partial charge in [-0.1, -0.05) is 11.6 Å². The summed E-state index contributed by atoms with van der Waals surface area (Å²) in [5, 5.41) is 1.49. The number of carbonyl (C=O) groups is 1. The normalized spacial score (nSPS) is 12.0. The van der Waals surface area contributed by atoms with Crippen molar-refractivity contribution in [2.24, 2.45) is 0 Å². The Morgan fingerprint density at radius 2 is 1.52 bits per heavy atom. The molecule has 0 aliphatic carbocycles. The van der Waals surface area contributed by atoms with Crippen LogP contribution < -0.4 is 10.1 Å². The predicted octanol–water partition coefficient (Wildman–Crippen LogP) is 5.99. The van der Waals surface area contributed by atoms with Gasteiger partial charge in [0, 0.05) is 5.69 Å². The first-order chi connectivity index (χ1) is 11.5. The van der Waals surface area contributed by atoms with Crippen LogP contribution in [0.3, 0.4) is 0 Å². The summed E-state index contributed by atoms with van der Waals surface area (Å²) < 4.78 is 79.7. The first-order valence-electron chi connectivity index (χ1n) is 6.49. The van der Waals surface area contributed by atoms with Crippen molar-refractivity contribution < 1.29 is 35.9 Å². The summed E-state index contributed by atoms with van der Waals surface area (Å²) in [4.78, 5) is 11.6. The SMILES string of the molecule is O=C(Nc1ccc(C(F)(F)F)c(Cl)c1)Oc1ccc(C(F)(F)F)cc1. The summed E-state index contributed by atoms with van der Waals surface area (Å²) >= 11 is 5.50. The van der Waals surface area contributed by atoms with Gasteiger partial charge < -0.3 is 4.74 Å². The van der Waals surface area contributed by atoms with Crippen LogP contribution >= 0.6 is 11.6 Å². The fourth-order valence-corrected chi connectivity index (χ4v) is 2.07. The molecule has 0 aliphatic rings. The Morgan fingerprint density at radius 1 is 0.920 bits per heavy atom. The third-order valence-corrected chi connectivity index (χ3v) is 3.23. The molecule has 10 heteroatoms. The Kier molecular flexibility index (Phi) is 5.17. The van der Waals surface area contributed by atoms with E-state index in [2.05, 4.69) is 5.32 Å². The molecular weight excluding hydrogens is 376 g/mol. The number of carbonyl (C=O) groups excluding carboxylic acids is 1. The Morgan fingerprint density at radius 3 is 2.00 bits per heavy atom. The van der Waals surface area contributed by atoms with Gasteiger partial charge in [0.25, 0.3) is 0 Å². The third-order valence-electron chi connectivity index (χ3n) is 2.91. The molecule has 0 unspecified atom stereocenters. The van der Waals surface area contributed by atoms with Crippen LogP contribution in [0.15, 0.2) is 42.5 Å². The maximum absolute atomic E-state index is 12.6. The average molecular weight is 384 g/mol. The Hall–Kier alpha value is -2.42. The lowest BCUT2D eigenvalue weighted by molar-refractivity contribution is -0.138. The van der Waals surface area contributed by atoms with Crippen LogP contribution in [0.25, 0.3) is 0 Å². The number of alkyl halides is 6. The van der Waals surface area contributed by atoms with E-state index in [0.29, 0.717) is 6.07 Å². The number of nitrogens with one attached hydrogen (secondary N) is 1. The second kappa shape index (κ2) is 6.83. The molecular formula is C15H8ClF6NO2. The molecule has 0 spiro atoms. The number of benzene rings is 2. The van der Waals surface area contributed by atoms with E-state index in [0.717, 1.165) is 36.4 Å². The second-order valence-electron chi connectivity index (χ2n) is 4.73. The van der Waals surface area contributed by atoms with Crippen molar-refractivity contribution in [3.63, 3.8) is 0 Å². The van der Waals surface area contributed by atoms with Gasteiger partial charge in [0.2, 0.25) is 0 Å². The van der Waals surface area contributed by atoms with E-state index in [1.807, 2.05) is 0 Å². The van der Waals surface area contributed by atoms with E-state index in [1.165, 1.54) is 0 Å². The van der Waals surface area contributed by atoms with Gasteiger partial charge in [-0.15, -0.1) is 0 Å². The summed E-state index contributed by atoms with van der Waals surface area (Å²) in [5.41, 5.74) is -2.07. The van der Waals surface area contributed by atoms with Crippen molar-refractivity contribution in [1.82, 2.24) is 0 Å². The van der Waals surface area contributed by atoms with Gasteiger partial charge in [0.05, 0.1) is 16.1 Å². The van der Waals surface area contributed by atoms with Crippen molar-refractivity contribution in [3.8, 4) is 5.75 Å². The summed E-state index contributed by atoms with van der Waals surface area (Å²) in [6.07, 6.45) is -10.3. The molecule has 2 aromatic rings. The molecule has 2 aromatic carbocycles. The molecule has 0 aromatic heterocycles. The number of hydrogen-bond acceptors (Lipinski definition) is 2. The van der Waals surface area contributed by atoms with Crippen LogP contribution in [-0.4, -0.2) is 6.09 Å². The zero-order chi connectivity index (χ0) is 18.8. The van der Waals surface area contributed by atoms with Crippen LogP contribution in [0.5, 0.6) is 5.75 Å². The number of amides is 1. The quantitative estimate of drug-likeness (QED) is 0.647. The first-order valence-corrected chi connectivity index (χ1v) is 6.87. The average Bonchev–Trinajstić information content (AvgIpc) is 2.45. The van der Waals surface area contributed by atoms with Crippen LogP contribution in [-0.2, 0) is 12.4 Å². The molecule has 3 nitrogen and oxygen atoms in total. The van der Waals surface area contributed by atoms with Crippen LogP contribution in [0.2, 0.25) is 5.02 Å². The fraction of sp³-hybridized carbons (Fsp3) is 0.133. The topological polar surface area (TPSA) is 38.3 Å². The van der Waals surface area contributed by atoms with Crippen molar-refractivity contribution in [2.45, 2.75) is 12.4 Å². The molecule has 25 heavy (non-hydrogen) atoms. The lowest BCUT2D eigenvalue weighted by atomic mass is 10.2.